The highest BCUT2D eigenvalue weighted by molar-refractivity contribution is 7.80. The van der Waals surface area contributed by atoms with Crippen molar-refractivity contribution in [2.24, 2.45) is 5.73 Å². The third-order valence-electron chi connectivity index (χ3n) is 2.26. The van der Waals surface area contributed by atoms with E-state index in [0.29, 0.717) is 28.7 Å². The second-order valence-electron chi connectivity index (χ2n) is 3.56. The maximum Gasteiger partial charge on any atom is 0.179 e. The van der Waals surface area contributed by atoms with Gasteiger partial charge in [0.1, 0.15) is 4.99 Å². The third kappa shape index (κ3) is 3.75. The molecule has 1 aromatic carbocycles. The fraction of sp³-hybridized carbons (Fsp3) is 0.417. The van der Waals surface area contributed by atoms with Crippen LogP contribution in [0.2, 0.25) is 5.02 Å². The van der Waals surface area contributed by atoms with Gasteiger partial charge in [0.05, 0.1) is 18.7 Å². The number of unbranched alkanes of at least 4 members (excludes halogenated alkanes) is 1. The molecular weight excluding hydrogens is 258 g/mol. The summed E-state index contributed by atoms with van der Waals surface area (Å²) in [5.41, 5.74) is 6.23. The van der Waals surface area contributed by atoms with Crippen molar-refractivity contribution in [1.82, 2.24) is 0 Å². The molecule has 5 heteroatoms. The van der Waals surface area contributed by atoms with Gasteiger partial charge >= 0.3 is 0 Å². The molecule has 0 atom stereocenters. The van der Waals surface area contributed by atoms with E-state index in [1.807, 2.05) is 0 Å². The summed E-state index contributed by atoms with van der Waals surface area (Å²) in [6.07, 6.45) is 2.03. The average Bonchev–Trinajstić information content (AvgIpc) is 2.30. The number of methoxy groups -OCH3 is 1. The Labute approximate surface area is 112 Å². The SMILES string of the molecule is CCCCOc1c(Cl)cc(C(N)=S)cc1OC. The van der Waals surface area contributed by atoms with Gasteiger partial charge in [0.25, 0.3) is 0 Å². The summed E-state index contributed by atoms with van der Waals surface area (Å²) in [6.45, 7) is 2.71. The Morgan fingerprint density at radius 2 is 2.18 bits per heavy atom. The Kier molecular flexibility index (Phi) is 5.51. The molecule has 0 bridgehead atoms. The average molecular weight is 274 g/mol. The Morgan fingerprint density at radius 1 is 1.47 bits per heavy atom. The molecule has 0 radical (unpaired) electrons. The predicted octanol–water partition coefficient (Wildman–Crippen LogP) is 3.16. The predicted molar refractivity (Wildman–Crippen MR) is 74.3 cm³/mol. The zero-order valence-electron chi connectivity index (χ0n) is 9.96. The Bertz CT molecular complexity index is 410. The van der Waals surface area contributed by atoms with Crippen LogP contribution < -0.4 is 15.2 Å². The zero-order chi connectivity index (χ0) is 12.8. The fourth-order valence-electron chi connectivity index (χ4n) is 1.32. The molecule has 0 unspecified atom stereocenters. The summed E-state index contributed by atoms with van der Waals surface area (Å²) >= 11 is 11.0. The molecule has 1 rings (SSSR count). The van der Waals surface area contributed by atoms with Crippen LogP contribution in [0.15, 0.2) is 12.1 Å². The van der Waals surface area contributed by atoms with Gasteiger partial charge < -0.3 is 15.2 Å². The van der Waals surface area contributed by atoms with Crippen LogP contribution in [0.5, 0.6) is 11.5 Å². The van der Waals surface area contributed by atoms with Crippen molar-refractivity contribution in [2.75, 3.05) is 13.7 Å². The molecule has 2 N–H and O–H groups in total. The van der Waals surface area contributed by atoms with Crippen molar-refractivity contribution in [2.45, 2.75) is 19.8 Å². The minimum absolute atomic E-state index is 0.283. The van der Waals surface area contributed by atoms with Gasteiger partial charge in [-0.3, -0.25) is 0 Å². The highest BCUT2D eigenvalue weighted by Crippen LogP contribution is 2.36. The van der Waals surface area contributed by atoms with Crippen molar-refractivity contribution in [1.29, 1.82) is 0 Å². The molecule has 17 heavy (non-hydrogen) atoms. The summed E-state index contributed by atoms with van der Waals surface area (Å²) in [6, 6.07) is 3.42. The van der Waals surface area contributed by atoms with Crippen molar-refractivity contribution in [3.63, 3.8) is 0 Å². The largest absolute Gasteiger partial charge is 0.493 e. The van der Waals surface area contributed by atoms with E-state index in [-0.39, 0.29) is 4.99 Å². The van der Waals surface area contributed by atoms with Gasteiger partial charge in [-0.15, -0.1) is 0 Å². The minimum atomic E-state index is 0.283. The van der Waals surface area contributed by atoms with Gasteiger partial charge in [-0.1, -0.05) is 37.2 Å². The molecule has 0 aliphatic carbocycles. The smallest absolute Gasteiger partial charge is 0.179 e. The second-order valence-corrected chi connectivity index (χ2v) is 4.40. The highest BCUT2D eigenvalue weighted by Gasteiger charge is 2.12. The lowest BCUT2D eigenvalue weighted by Gasteiger charge is -2.13. The number of halogens is 1. The molecule has 0 fully saturated rings. The van der Waals surface area contributed by atoms with Crippen molar-refractivity contribution in [3.05, 3.63) is 22.7 Å². The maximum absolute atomic E-state index is 6.12. The molecule has 0 amide bonds. The minimum Gasteiger partial charge on any atom is -0.493 e. The molecule has 0 saturated carbocycles. The van der Waals surface area contributed by atoms with Gasteiger partial charge in [-0.05, 0) is 18.6 Å². The van der Waals surface area contributed by atoms with Gasteiger partial charge in [-0.2, -0.15) is 0 Å². The third-order valence-corrected chi connectivity index (χ3v) is 2.77. The first-order valence-electron chi connectivity index (χ1n) is 5.40. The number of benzene rings is 1. The van der Waals surface area contributed by atoms with E-state index in [9.17, 15) is 0 Å². The van der Waals surface area contributed by atoms with E-state index in [0.717, 1.165) is 12.8 Å². The van der Waals surface area contributed by atoms with E-state index < -0.39 is 0 Å². The van der Waals surface area contributed by atoms with E-state index in [4.69, 9.17) is 39.0 Å². The molecule has 0 aliphatic rings. The van der Waals surface area contributed by atoms with Crippen molar-refractivity contribution in [3.8, 4) is 11.5 Å². The van der Waals surface area contributed by atoms with Crippen LogP contribution in [-0.2, 0) is 0 Å². The van der Waals surface area contributed by atoms with Gasteiger partial charge in [0.15, 0.2) is 11.5 Å². The monoisotopic (exact) mass is 273 g/mol. The molecule has 0 saturated heterocycles. The van der Waals surface area contributed by atoms with Crippen LogP contribution >= 0.6 is 23.8 Å². The lowest BCUT2D eigenvalue weighted by molar-refractivity contribution is 0.288. The van der Waals surface area contributed by atoms with Gasteiger partial charge in [0.2, 0.25) is 0 Å². The Morgan fingerprint density at radius 3 is 2.71 bits per heavy atom. The number of ether oxygens (including phenoxy) is 2. The number of hydrogen-bond acceptors (Lipinski definition) is 3. The molecule has 0 aromatic heterocycles. The van der Waals surface area contributed by atoms with E-state index in [2.05, 4.69) is 6.92 Å². The lowest BCUT2D eigenvalue weighted by Crippen LogP contribution is -2.10. The Balaban J connectivity index is 2.99. The number of nitrogens with two attached hydrogens (primary N) is 1. The summed E-state index contributed by atoms with van der Waals surface area (Å²) in [5.74, 6) is 1.10. The lowest BCUT2D eigenvalue weighted by atomic mass is 10.2. The molecule has 0 aliphatic heterocycles. The molecule has 0 spiro atoms. The van der Waals surface area contributed by atoms with Crippen LogP contribution in [0, 0.1) is 0 Å². The summed E-state index contributed by atoms with van der Waals surface area (Å²) in [7, 11) is 1.56. The van der Waals surface area contributed by atoms with E-state index in [1.54, 1.807) is 19.2 Å². The normalized spacial score (nSPS) is 10.1. The summed E-state index contributed by atoms with van der Waals surface area (Å²) in [4.78, 5) is 0.283. The first-order chi connectivity index (χ1) is 8.10. The van der Waals surface area contributed by atoms with Crippen LogP contribution in [0.3, 0.4) is 0 Å². The standard InChI is InChI=1S/C12H16ClNO2S/c1-3-4-5-16-11-9(13)6-8(12(14)17)7-10(11)15-2/h6-7H,3-5H2,1-2H3,(H2,14,17). The molecule has 1 aromatic rings. The van der Waals surface area contributed by atoms with Gasteiger partial charge in [-0.25, -0.2) is 0 Å². The van der Waals surface area contributed by atoms with E-state index in [1.165, 1.54) is 0 Å². The summed E-state index contributed by atoms with van der Waals surface area (Å²) in [5, 5.41) is 0.461. The number of hydrogen-bond donors (Lipinski definition) is 1. The Hall–Kier alpha value is -1.00. The zero-order valence-corrected chi connectivity index (χ0v) is 11.5. The summed E-state index contributed by atoms with van der Waals surface area (Å²) < 4.78 is 10.8. The van der Waals surface area contributed by atoms with Crippen LogP contribution in [-0.4, -0.2) is 18.7 Å². The van der Waals surface area contributed by atoms with Crippen LogP contribution in [0.4, 0.5) is 0 Å². The van der Waals surface area contributed by atoms with Crippen LogP contribution in [0.25, 0.3) is 0 Å². The van der Waals surface area contributed by atoms with Crippen molar-refractivity contribution < 1.29 is 9.47 Å². The maximum atomic E-state index is 6.12. The molecule has 3 nitrogen and oxygen atoms in total. The number of rotatable bonds is 6. The molecule has 0 heterocycles. The van der Waals surface area contributed by atoms with E-state index >= 15 is 0 Å². The first kappa shape index (κ1) is 14.1. The fourth-order valence-corrected chi connectivity index (χ4v) is 1.70. The number of thiocarbonyl (C=S) groups is 1. The van der Waals surface area contributed by atoms with Crippen LogP contribution in [0.1, 0.15) is 25.3 Å². The molecule has 94 valence electrons. The first-order valence-corrected chi connectivity index (χ1v) is 6.18. The van der Waals surface area contributed by atoms with Gasteiger partial charge in [0, 0.05) is 5.56 Å². The topological polar surface area (TPSA) is 44.5 Å². The quantitative estimate of drug-likeness (QED) is 0.639. The van der Waals surface area contributed by atoms with Crippen molar-refractivity contribution >= 4 is 28.8 Å². The molecular formula is C12H16ClNO2S. The highest BCUT2D eigenvalue weighted by atomic mass is 35.5. The second kappa shape index (κ2) is 6.67.